The summed E-state index contributed by atoms with van der Waals surface area (Å²) in [5, 5.41) is 2.94. The van der Waals surface area contributed by atoms with Gasteiger partial charge >= 0.3 is 0 Å². The predicted molar refractivity (Wildman–Crippen MR) is 123 cm³/mol. The van der Waals surface area contributed by atoms with Crippen LogP contribution < -0.4 is 10.2 Å². The van der Waals surface area contributed by atoms with Gasteiger partial charge in [-0.2, -0.15) is 0 Å². The van der Waals surface area contributed by atoms with E-state index in [9.17, 15) is 14.0 Å². The highest BCUT2D eigenvalue weighted by atomic mass is 19.1. The van der Waals surface area contributed by atoms with Gasteiger partial charge in [-0.15, -0.1) is 0 Å². The average molecular weight is 432 g/mol. The Hall–Kier alpha value is -3.67. The molecule has 32 heavy (non-hydrogen) atoms. The van der Waals surface area contributed by atoms with E-state index in [2.05, 4.69) is 10.2 Å². The van der Waals surface area contributed by atoms with E-state index in [-0.39, 0.29) is 17.6 Å². The SMILES string of the molecule is O=C(N[C@@H](Cc1ccccc1)C(=O)N1CCN(c2ccc(F)cc2)CC1)c1ccccc1. The second-order valence-corrected chi connectivity index (χ2v) is 7.87. The summed E-state index contributed by atoms with van der Waals surface area (Å²) < 4.78 is 13.2. The first-order valence-corrected chi connectivity index (χ1v) is 10.8. The highest BCUT2D eigenvalue weighted by Gasteiger charge is 2.29. The van der Waals surface area contributed by atoms with Crippen molar-refractivity contribution in [3.05, 3.63) is 102 Å². The molecule has 0 saturated carbocycles. The zero-order valence-corrected chi connectivity index (χ0v) is 17.8. The number of amides is 2. The Morgan fingerprint density at radius 3 is 2.03 bits per heavy atom. The minimum Gasteiger partial charge on any atom is -0.368 e. The van der Waals surface area contributed by atoms with Gasteiger partial charge in [0.1, 0.15) is 11.9 Å². The topological polar surface area (TPSA) is 52.7 Å². The van der Waals surface area contributed by atoms with Crippen molar-refractivity contribution in [1.29, 1.82) is 0 Å². The van der Waals surface area contributed by atoms with Gasteiger partial charge in [-0.1, -0.05) is 48.5 Å². The van der Waals surface area contributed by atoms with E-state index in [1.165, 1.54) is 12.1 Å². The van der Waals surface area contributed by atoms with Crippen LogP contribution in [0.3, 0.4) is 0 Å². The molecule has 0 aliphatic carbocycles. The third kappa shape index (κ3) is 5.32. The van der Waals surface area contributed by atoms with Gasteiger partial charge in [0.25, 0.3) is 5.91 Å². The molecule has 0 radical (unpaired) electrons. The Balaban J connectivity index is 1.44. The molecular formula is C26H26FN3O2. The van der Waals surface area contributed by atoms with Crippen LogP contribution in [0, 0.1) is 5.82 Å². The van der Waals surface area contributed by atoms with Gasteiger partial charge in [-0.3, -0.25) is 9.59 Å². The molecule has 5 nitrogen and oxygen atoms in total. The van der Waals surface area contributed by atoms with E-state index < -0.39 is 6.04 Å². The number of carbonyl (C=O) groups is 2. The lowest BCUT2D eigenvalue weighted by Gasteiger charge is -2.37. The lowest BCUT2D eigenvalue weighted by molar-refractivity contribution is -0.133. The molecule has 6 heteroatoms. The molecule has 0 spiro atoms. The van der Waals surface area contributed by atoms with Crippen molar-refractivity contribution in [3.63, 3.8) is 0 Å². The maximum atomic E-state index is 13.4. The lowest BCUT2D eigenvalue weighted by atomic mass is 10.0. The molecule has 1 atom stereocenters. The lowest BCUT2D eigenvalue weighted by Crippen LogP contribution is -2.55. The van der Waals surface area contributed by atoms with Crippen LogP contribution in [0.2, 0.25) is 0 Å². The Morgan fingerprint density at radius 2 is 1.41 bits per heavy atom. The smallest absolute Gasteiger partial charge is 0.251 e. The first-order valence-electron chi connectivity index (χ1n) is 10.8. The van der Waals surface area contributed by atoms with E-state index in [1.54, 1.807) is 41.3 Å². The summed E-state index contributed by atoms with van der Waals surface area (Å²) >= 11 is 0. The summed E-state index contributed by atoms with van der Waals surface area (Å²) in [4.78, 5) is 30.1. The molecule has 1 fully saturated rings. The first kappa shape index (κ1) is 21.6. The van der Waals surface area contributed by atoms with Gasteiger partial charge in [0.15, 0.2) is 0 Å². The average Bonchev–Trinajstić information content (AvgIpc) is 2.85. The van der Waals surface area contributed by atoms with Crippen LogP contribution in [-0.4, -0.2) is 48.9 Å². The number of anilines is 1. The van der Waals surface area contributed by atoms with Crippen LogP contribution in [0.15, 0.2) is 84.9 Å². The standard InChI is InChI=1S/C26H26FN3O2/c27-22-11-13-23(14-12-22)29-15-17-30(18-16-29)26(32)24(19-20-7-3-1-4-8-20)28-25(31)21-9-5-2-6-10-21/h1-14,24H,15-19H2,(H,28,31)/t24-/m0/s1. The second kappa shape index (κ2) is 10.1. The van der Waals surface area contributed by atoms with Crippen molar-refractivity contribution in [1.82, 2.24) is 10.2 Å². The summed E-state index contributed by atoms with van der Waals surface area (Å²) in [5.41, 5.74) is 2.46. The van der Waals surface area contributed by atoms with E-state index in [0.29, 0.717) is 38.2 Å². The third-order valence-electron chi connectivity index (χ3n) is 5.71. The van der Waals surface area contributed by atoms with Crippen LogP contribution >= 0.6 is 0 Å². The van der Waals surface area contributed by atoms with Crippen LogP contribution in [0.4, 0.5) is 10.1 Å². The monoisotopic (exact) mass is 431 g/mol. The fraction of sp³-hybridized carbons (Fsp3) is 0.231. The normalized spacial score (nSPS) is 14.7. The number of hydrogen-bond acceptors (Lipinski definition) is 3. The van der Waals surface area contributed by atoms with Crippen LogP contribution in [0.5, 0.6) is 0 Å². The fourth-order valence-electron chi connectivity index (χ4n) is 3.94. The molecular weight excluding hydrogens is 405 g/mol. The molecule has 3 aromatic rings. The number of nitrogens with zero attached hydrogens (tertiary/aromatic N) is 2. The van der Waals surface area contributed by atoms with Gasteiger partial charge in [-0.05, 0) is 42.0 Å². The van der Waals surface area contributed by atoms with Crippen molar-refractivity contribution in [2.24, 2.45) is 0 Å². The number of hydrogen-bond donors (Lipinski definition) is 1. The van der Waals surface area contributed by atoms with Crippen molar-refractivity contribution in [3.8, 4) is 0 Å². The van der Waals surface area contributed by atoms with Crippen LogP contribution in [0.1, 0.15) is 15.9 Å². The van der Waals surface area contributed by atoms with E-state index in [0.717, 1.165) is 11.3 Å². The molecule has 3 aromatic carbocycles. The Bertz CT molecular complexity index is 1030. The number of carbonyl (C=O) groups excluding carboxylic acids is 2. The highest BCUT2D eigenvalue weighted by molar-refractivity contribution is 5.97. The number of piperazine rings is 1. The summed E-state index contributed by atoms with van der Waals surface area (Å²) in [6, 6.07) is 24.4. The Morgan fingerprint density at radius 1 is 0.812 bits per heavy atom. The van der Waals surface area contributed by atoms with Crippen LogP contribution in [-0.2, 0) is 11.2 Å². The molecule has 4 rings (SSSR count). The largest absolute Gasteiger partial charge is 0.368 e. The molecule has 0 bridgehead atoms. The van der Waals surface area contributed by atoms with Gasteiger partial charge in [0.2, 0.25) is 5.91 Å². The van der Waals surface area contributed by atoms with E-state index in [4.69, 9.17) is 0 Å². The minimum atomic E-state index is -0.650. The number of benzene rings is 3. The molecule has 1 heterocycles. The molecule has 164 valence electrons. The Kier molecular flexibility index (Phi) is 6.80. The maximum Gasteiger partial charge on any atom is 0.251 e. The first-order chi connectivity index (χ1) is 15.6. The highest BCUT2D eigenvalue weighted by Crippen LogP contribution is 2.18. The molecule has 1 aliphatic rings. The zero-order valence-electron chi connectivity index (χ0n) is 17.8. The van der Waals surface area contributed by atoms with Gasteiger partial charge in [-0.25, -0.2) is 4.39 Å². The van der Waals surface area contributed by atoms with E-state index >= 15 is 0 Å². The van der Waals surface area contributed by atoms with Gasteiger partial charge in [0.05, 0.1) is 0 Å². The molecule has 1 saturated heterocycles. The number of rotatable bonds is 6. The van der Waals surface area contributed by atoms with Gasteiger partial charge in [0, 0.05) is 43.9 Å². The van der Waals surface area contributed by atoms with E-state index in [1.807, 2.05) is 36.4 Å². The third-order valence-corrected chi connectivity index (χ3v) is 5.71. The summed E-state index contributed by atoms with van der Waals surface area (Å²) in [7, 11) is 0. The molecule has 1 aliphatic heterocycles. The number of halogens is 1. The zero-order chi connectivity index (χ0) is 22.3. The maximum absolute atomic E-state index is 13.4. The minimum absolute atomic E-state index is 0.0862. The fourth-order valence-corrected chi connectivity index (χ4v) is 3.94. The van der Waals surface area contributed by atoms with Gasteiger partial charge < -0.3 is 15.1 Å². The van der Waals surface area contributed by atoms with Crippen molar-refractivity contribution in [2.45, 2.75) is 12.5 Å². The molecule has 0 aromatic heterocycles. The van der Waals surface area contributed by atoms with Crippen molar-refractivity contribution in [2.75, 3.05) is 31.1 Å². The molecule has 1 N–H and O–H groups in total. The van der Waals surface area contributed by atoms with Crippen LogP contribution in [0.25, 0.3) is 0 Å². The molecule has 2 amide bonds. The van der Waals surface area contributed by atoms with Crippen molar-refractivity contribution < 1.29 is 14.0 Å². The summed E-state index contributed by atoms with van der Waals surface area (Å²) in [6.07, 6.45) is 0.427. The predicted octanol–water partition coefficient (Wildman–Crippen LogP) is 3.52. The second-order valence-electron chi connectivity index (χ2n) is 7.87. The quantitative estimate of drug-likeness (QED) is 0.650. The molecule has 0 unspecified atom stereocenters. The Labute approximate surface area is 187 Å². The summed E-state index contributed by atoms with van der Waals surface area (Å²) in [5.74, 6) is -0.609. The summed E-state index contributed by atoms with van der Waals surface area (Å²) in [6.45, 7) is 2.40. The number of nitrogens with one attached hydrogen (secondary N) is 1. The van der Waals surface area contributed by atoms with Crippen molar-refractivity contribution >= 4 is 17.5 Å².